The molecule has 122 valence electrons. The number of nitrogens with two attached hydrogens (primary N) is 1. The molecule has 3 N–H and O–H groups in total. The molecule has 1 aromatic heterocycles. The number of rotatable bonds is 4. The Morgan fingerprint density at radius 2 is 2.00 bits per heavy atom. The Morgan fingerprint density at radius 3 is 2.71 bits per heavy atom. The van der Waals surface area contributed by atoms with Gasteiger partial charge >= 0.3 is 0 Å². The standard InChI is InChI=1S/C19H19N3O2/c1-19(20,13-5-3-2-4-6-13)18(23)21-14-9-10-15-16(11-14)24-17(22-15)12-7-8-12/h2-6,9-12H,7-8,20H2,1H3,(H,21,23). The van der Waals surface area contributed by atoms with Gasteiger partial charge in [-0.15, -0.1) is 0 Å². The molecule has 24 heavy (non-hydrogen) atoms. The van der Waals surface area contributed by atoms with Crippen molar-refractivity contribution in [2.75, 3.05) is 5.32 Å². The fraction of sp³-hybridized carbons (Fsp3) is 0.263. The van der Waals surface area contributed by atoms with Crippen molar-refractivity contribution < 1.29 is 9.21 Å². The van der Waals surface area contributed by atoms with Crippen LogP contribution in [0.1, 0.15) is 37.1 Å². The number of carbonyl (C=O) groups excluding carboxylic acids is 1. The molecule has 1 heterocycles. The Bertz CT molecular complexity index is 895. The van der Waals surface area contributed by atoms with Crippen molar-refractivity contribution in [2.45, 2.75) is 31.2 Å². The molecule has 1 aliphatic rings. The summed E-state index contributed by atoms with van der Waals surface area (Å²) >= 11 is 0. The zero-order valence-electron chi connectivity index (χ0n) is 13.5. The lowest BCUT2D eigenvalue weighted by Crippen LogP contribution is -2.45. The first-order chi connectivity index (χ1) is 11.5. The third-order valence-electron chi connectivity index (χ3n) is 4.43. The second kappa shape index (κ2) is 5.46. The van der Waals surface area contributed by atoms with Gasteiger partial charge in [-0.1, -0.05) is 30.3 Å². The van der Waals surface area contributed by atoms with Gasteiger partial charge in [-0.3, -0.25) is 4.79 Å². The van der Waals surface area contributed by atoms with Crippen molar-refractivity contribution in [1.82, 2.24) is 4.98 Å². The number of benzene rings is 2. The summed E-state index contributed by atoms with van der Waals surface area (Å²) in [4.78, 5) is 17.1. The maximum atomic E-state index is 12.6. The Labute approximate surface area is 139 Å². The first-order valence-corrected chi connectivity index (χ1v) is 8.10. The van der Waals surface area contributed by atoms with Gasteiger partial charge in [0, 0.05) is 17.7 Å². The van der Waals surface area contributed by atoms with Gasteiger partial charge in [0.2, 0.25) is 5.91 Å². The SMILES string of the molecule is CC(N)(C(=O)Nc1ccc2nc(C3CC3)oc2c1)c1ccccc1. The van der Waals surface area contributed by atoms with E-state index in [9.17, 15) is 4.79 Å². The number of hydrogen-bond donors (Lipinski definition) is 2. The number of fused-ring (bicyclic) bond motifs is 1. The summed E-state index contributed by atoms with van der Waals surface area (Å²) in [5, 5.41) is 2.88. The number of oxazole rings is 1. The van der Waals surface area contributed by atoms with E-state index in [0.29, 0.717) is 17.2 Å². The first-order valence-electron chi connectivity index (χ1n) is 8.10. The van der Waals surface area contributed by atoms with E-state index in [4.69, 9.17) is 10.2 Å². The minimum Gasteiger partial charge on any atom is -0.440 e. The monoisotopic (exact) mass is 321 g/mol. The summed E-state index contributed by atoms with van der Waals surface area (Å²) in [6.07, 6.45) is 2.28. The maximum absolute atomic E-state index is 12.6. The summed E-state index contributed by atoms with van der Waals surface area (Å²) < 4.78 is 5.79. The largest absolute Gasteiger partial charge is 0.440 e. The van der Waals surface area contributed by atoms with Gasteiger partial charge in [0.1, 0.15) is 11.1 Å². The molecule has 1 atom stereocenters. The molecular weight excluding hydrogens is 302 g/mol. The molecule has 0 spiro atoms. The highest BCUT2D eigenvalue weighted by Crippen LogP contribution is 2.40. The third kappa shape index (κ3) is 2.67. The van der Waals surface area contributed by atoms with E-state index in [0.717, 1.165) is 29.8 Å². The molecule has 3 aromatic rings. The fourth-order valence-corrected chi connectivity index (χ4v) is 2.70. The Hall–Kier alpha value is -2.66. The van der Waals surface area contributed by atoms with Crippen LogP contribution in [0.4, 0.5) is 5.69 Å². The van der Waals surface area contributed by atoms with Crippen LogP contribution in [0.3, 0.4) is 0 Å². The molecule has 1 aliphatic carbocycles. The van der Waals surface area contributed by atoms with E-state index in [1.807, 2.05) is 42.5 Å². The number of nitrogens with one attached hydrogen (secondary N) is 1. The number of carbonyl (C=O) groups is 1. The smallest absolute Gasteiger partial charge is 0.248 e. The summed E-state index contributed by atoms with van der Waals surface area (Å²) in [5.41, 5.74) is 8.05. The van der Waals surface area contributed by atoms with Gasteiger partial charge in [-0.2, -0.15) is 0 Å². The molecule has 1 amide bonds. The van der Waals surface area contributed by atoms with Gasteiger partial charge in [0.25, 0.3) is 0 Å². The summed E-state index contributed by atoms with van der Waals surface area (Å²) in [5.74, 6) is 0.984. The second-order valence-electron chi connectivity index (χ2n) is 6.53. The van der Waals surface area contributed by atoms with Gasteiger partial charge in [-0.05, 0) is 37.5 Å². The molecular formula is C19H19N3O2. The molecule has 1 saturated carbocycles. The lowest BCUT2D eigenvalue weighted by atomic mass is 9.92. The fourth-order valence-electron chi connectivity index (χ4n) is 2.70. The molecule has 5 heteroatoms. The van der Waals surface area contributed by atoms with E-state index in [1.54, 1.807) is 13.0 Å². The van der Waals surface area contributed by atoms with Crippen molar-refractivity contribution in [2.24, 2.45) is 5.73 Å². The summed E-state index contributed by atoms with van der Waals surface area (Å²) in [6, 6.07) is 14.8. The van der Waals surface area contributed by atoms with Crippen molar-refractivity contribution in [1.29, 1.82) is 0 Å². The molecule has 0 saturated heterocycles. The number of nitrogens with zero attached hydrogens (tertiary/aromatic N) is 1. The van der Waals surface area contributed by atoms with Crippen LogP contribution in [0.15, 0.2) is 52.9 Å². The van der Waals surface area contributed by atoms with Crippen LogP contribution in [0.25, 0.3) is 11.1 Å². The topological polar surface area (TPSA) is 81.2 Å². The molecule has 0 bridgehead atoms. The van der Waals surface area contributed by atoms with Crippen LogP contribution in [0.5, 0.6) is 0 Å². The van der Waals surface area contributed by atoms with Crippen LogP contribution < -0.4 is 11.1 Å². The molecule has 1 fully saturated rings. The minimum absolute atomic E-state index is 0.269. The zero-order chi connectivity index (χ0) is 16.7. The molecule has 0 aliphatic heterocycles. The van der Waals surface area contributed by atoms with E-state index in [-0.39, 0.29) is 5.91 Å². The molecule has 4 rings (SSSR count). The summed E-state index contributed by atoms with van der Waals surface area (Å²) in [7, 11) is 0. The lowest BCUT2D eigenvalue weighted by molar-refractivity contribution is -0.120. The van der Waals surface area contributed by atoms with Crippen LogP contribution >= 0.6 is 0 Å². The number of hydrogen-bond acceptors (Lipinski definition) is 4. The van der Waals surface area contributed by atoms with Gasteiger partial charge in [0.05, 0.1) is 0 Å². The molecule has 5 nitrogen and oxygen atoms in total. The maximum Gasteiger partial charge on any atom is 0.248 e. The molecule has 1 unspecified atom stereocenters. The van der Waals surface area contributed by atoms with Crippen molar-refractivity contribution >= 4 is 22.7 Å². The average Bonchev–Trinajstić information content (AvgIpc) is 3.35. The normalized spacial score (nSPS) is 16.8. The highest BCUT2D eigenvalue weighted by atomic mass is 16.3. The van der Waals surface area contributed by atoms with Gasteiger partial charge in [0.15, 0.2) is 11.5 Å². The van der Waals surface area contributed by atoms with Gasteiger partial charge < -0.3 is 15.5 Å². The van der Waals surface area contributed by atoms with E-state index < -0.39 is 5.54 Å². The number of aromatic nitrogens is 1. The highest BCUT2D eigenvalue weighted by Gasteiger charge is 2.31. The van der Waals surface area contributed by atoms with Crippen LogP contribution in [0.2, 0.25) is 0 Å². The van der Waals surface area contributed by atoms with Crippen molar-refractivity contribution in [3.05, 3.63) is 60.0 Å². The molecule has 2 aromatic carbocycles. The average molecular weight is 321 g/mol. The third-order valence-corrected chi connectivity index (χ3v) is 4.43. The number of anilines is 1. The quantitative estimate of drug-likeness (QED) is 0.770. The Balaban J connectivity index is 1.57. The van der Waals surface area contributed by atoms with E-state index in [2.05, 4.69) is 10.3 Å². The zero-order valence-corrected chi connectivity index (χ0v) is 13.5. The highest BCUT2D eigenvalue weighted by molar-refractivity contribution is 5.99. The lowest BCUT2D eigenvalue weighted by Gasteiger charge is -2.24. The molecule has 0 radical (unpaired) electrons. The first kappa shape index (κ1) is 14.9. The second-order valence-corrected chi connectivity index (χ2v) is 6.53. The Kier molecular flexibility index (Phi) is 3.39. The van der Waals surface area contributed by atoms with Crippen LogP contribution in [-0.2, 0) is 10.3 Å². The predicted octanol–water partition coefficient (Wildman–Crippen LogP) is 3.52. The van der Waals surface area contributed by atoms with Crippen molar-refractivity contribution in [3.63, 3.8) is 0 Å². The van der Waals surface area contributed by atoms with Gasteiger partial charge in [-0.25, -0.2) is 4.98 Å². The van der Waals surface area contributed by atoms with Crippen LogP contribution in [-0.4, -0.2) is 10.9 Å². The summed E-state index contributed by atoms with van der Waals surface area (Å²) in [6.45, 7) is 1.70. The minimum atomic E-state index is -1.11. The number of amides is 1. The van der Waals surface area contributed by atoms with E-state index >= 15 is 0 Å². The van der Waals surface area contributed by atoms with Crippen molar-refractivity contribution in [3.8, 4) is 0 Å². The van der Waals surface area contributed by atoms with E-state index in [1.165, 1.54) is 0 Å². The van der Waals surface area contributed by atoms with Crippen LogP contribution in [0, 0.1) is 0 Å². The predicted molar refractivity (Wildman–Crippen MR) is 92.6 cm³/mol. The Morgan fingerprint density at radius 1 is 1.25 bits per heavy atom.